The molecule has 0 unspecified atom stereocenters. The molecule has 1 aromatic heterocycles. The largest absolute Gasteiger partial charge is 0.494 e. The minimum Gasteiger partial charge on any atom is -0.494 e. The summed E-state index contributed by atoms with van der Waals surface area (Å²) in [5.74, 6) is 0.642. The van der Waals surface area contributed by atoms with E-state index in [1.54, 1.807) is 20.3 Å². The van der Waals surface area contributed by atoms with Crippen LogP contribution in [0.4, 0.5) is 5.69 Å². The molecule has 5 nitrogen and oxygen atoms in total. The first-order chi connectivity index (χ1) is 11.9. The summed E-state index contributed by atoms with van der Waals surface area (Å²) in [6, 6.07) is 5.63. The third kappa shape index (κ3) is 5.10. The topological polar surface area (TPSA) is 66.5 Å². The summed E-state index contributed by atoms with van der Waals surface area (Å²) in [7, 11) is 5.22. The molecule has 0 aliphatic heterocycles. The smallest absolute Gasteiger partial charge is 0.152 e. The van der Waals surface area contributed by atoms with Crippen LogP contribution in [0.15, 0.2) is 18.2 Å². The number of aromatic nitrogens is 1. The van der Waals surface area contributed by atoms with Gasteiger partial charge in [-0.25, -0.2) is 0 Å². The second-order valence-corrected chi connectivity index (χ2v) is 5.15. The monoisotopic (exact) mass is 348 g/mol. The minimum absolute atomic E-state index is 0.589. The zero-order valence-electron chi connectivity index (χ0n) is 16.8. The lowest BCUT2D eigenvalue weighted by atomic mass is 10.0. The summed E-state index contributed by atoms with van der Waals surface area (Å²) >= 11 is 0. The van der Waals surface area contributed by atoms with Crippen LogP contribution in [0.25, 0.3) is 11.3 Å². The number of rotatable bonds is 4. The molecule has 2 N–H and O–H groups in total. The number of hydrogen-bond acceptors (Lipinski definition) is 4. The maximum Gasteiger partial charge on any atom is 0.152 e. The number of benzene rings is 1. The van der Waals surface area contributed by atoms with E-state index in [-0.39, 0.29) is 0 Å². The highest BCUT2D eigenvalue weighted by atomic mass is 16.5. The number of methoxy groups -OCH3 is 2. The van der Waals surface area contributed by atoms with Gasteiger partial charge in [0.1, 0.15) is 0 Å². The molecule has 0 spiro atoms. The van der Waals surface area contributed by atoms with Crippen LogP contribution in [0.1, 0.15) is 42.4 Å². The van der Waals surface area contributed by atoms with Crippen molar-refractivity contribution >= 4 is 12.0 Å². The van der Waals surface area contributed by atoms with Crippen LogP contribution in [-0.2, 0) is 11.8 Å². The van der Waals surface area contributed by atoms with E-state index in [2.05, 4.69) is 4.74 Å². The number of nitrogen functional groups attached to an aromatic ring is 1. The Morgan fingerprint density at radius 2 is 1.76 bits per heavy atom. The molecule has 2 rings (SSSR count). The SMILES string of the molecule is CC.CCOC.COc1c(N)cccc1-c1c(C)c(C=O)c(C)n1C. The fourth-order valence-corrected chi connectivity index (χ4v) is 2.52. The molecule has 140 valence electrons. The van der Waals surface area contributed by atoms with Crippen molar-refractivity contribution in [2.45, 2.75) is 34.6 Å². The lowest BCUT2D eigenvalue weighted by molar-refractivity contribution is 0.112. The number of anilines is 1. The van der Waals surface area contributed by atoms with Crippen molar-refractivity contribution in [1.29, 1.82) is 0 Å². The van der Waals surface area contributed by atoms with Gasteiger partial charge in [-0.1, -0.05) is 19.9 Å². The van der Waals surface area contributed by atoms with Gasteiger partial charge in [-0.2, -0.15) is 0 Å². The van der Waals surface area contributed by atoms with Crippen molar-refractivity contribution in [2.75, 3.05) is 26.6 Å². The number of ether oxygens (including phenoxy) is 2. The van der Waals surface area contributed by atoms with E-state index >= 15 is 0 Å². The van der Waals surface area contributed by atoms with E-state index < -0.39 is 0 Å². The van der Waals surface area contributed by atoms with E-state index in [1.165, 1.54) is 0 Å². The van der Waals surface area contributed by atoms with Crippen LogP contribution in [0.3, 0.4) is 0 Å². The Labute approximate surface area is 151 Å². The number of nitrogens with two attached hydrogens (primary N) is 1. The van der Waals surface area contributed by atoms with Crippen LogP contribution in [0.5, 0.6) is 5.75 Å². The average Bonchev–Trinajstić information content (AvgIpc) is 2.85. The molecule has 2 aromatic rings. The Bertz CT molecular complexity index is 674. The lowest BCUT2D eigenvalue weighted by Crippen LogP contribution is -1.99. The van der Waals surface area contributed by atoms with E-state index in [4.69, 9.17) is 10.5 Å². The molecule has 0 atom stereocenters. The maximum atomic E-state index is 11.2. The standard InChI is InChI=1S/C15H18N2O2.C3H8O.C2H6/c1-9-12(8-18)10(2)17(3)14(9)11-6-5-7-13(16)15(11)19-4;1-3-4-2;1-2/h5-8H,16H2,1-4H3;3H2,1-2H3;1-2H3. The number of hydrogen-bond donors (Lipinski definition) is 1. The van der Waals surface area contributed by atoms with Gasteiger partial charge < -0.3 is 19.8 Å². The fourth-order valence-electron chi connectivity index (χ4n) is 2.52. The van der Waals surface area contributed by atoms with Gasteiger partial charge >= 0.3 is 0 Å². The van der Waals surface area contributed by atoms with E-state index in [1.807, 2.05) is 58.4 Å². The van der Waals surface area contributed by atoms with Gasteiger partial charge in [-0.15, -0.1) is 0 Å². The quantitative estimate of drug-likeness (QED) is 0.657. The molecular weight excluding hydrogens is 316 g/mol. The highest BCUT2D eigenvalue weighted by Gasteiger charge is 2.19. The summed E-state index contributed by atoms with van der Waals surface area (Å²) in [4.78, 5) is 11.2. The predicted molar refractivity (Wildman–Crippen MR) is 106 cm³/mol. The third-order valence-corrected chi connectivity index (χ3v) is 3.90. The first-order valence-electron chi connectivity index (χ1n) is 8.47. The van der Waals surface area contributed by atoms with Crippen molar-refractivity contribution in [3.8, 4) is 17.0 Å². The molecule has 0 bridgehead atoms. The molecule has 0 saturated carbocycles. The molecule has 25 heavy (non-hydrogen) atoms. The number of para-hydroxylation sites is 1. The van der Waals surface area contributed by atoms with Gasteiger partial charge in [-0.3, -0.25) is 4.79 Å². The summed E-state index contributed by atoms with van der Waals surface area (Å²) in [5.41, 5.74) is 11.0. The lowest BCUT2D eigenvalue weighted by Gasteiger charge is -2.13. The number of aldehydes is 1. The number of carbonyl (C=O) groups is 1. The Balaban J connectivity index is 0.000000845. The van der Waals surface area contributed by atoms with Crippen molar-refractivity contribution in [3.05, 3.63) is 35.0 Å². The first-order valence-corrected chi connectivity index (χ1v) is 8.47. The normalized spacial score (nSPS) is 9.44. The molecule has 0 radical (unpaired) electrons. The minimum atomic E-state index is 0.589. The first kappa shape index (κ1) is 22.7. The summed E-state index contributed by atoms with van der Waals surface area (Å²) in [6.07, 6.45) is 0.896. The van der Waals surface area contributed by atoms with Gasteiger partial charge in [0.2, 0.25) is 0 Å². The molecule has 1 heterocycles. The molecule has 5 heteroatoms. The molecule has 0 aliphatic rings. The van der Waals surface area contributed by atoms with Gasteiger partial charge in [-0.05, 0) is 38.5 Å². The van der Waals surface area contributed by atoms with Crippen LogP contribution in [0, 0.1) is 13.8 Å². The van der Waals surface area contributed by atoms with Crippen molar-refractivity contribution < 1.29 is 14.3 Å². The van der Waals surface area contributed by atoms with E-state index in [0.717, 1.165) is 41.0 Å². The summed E-state index contributed by atoms with van der Waals surface area (Å²) in [6.45, 7) is 10.6. The summed E-state index contributed by atoms with van der Waals surface area (Å²) < 4.78 is 11.9. The number of carbonyl (C=O) groups excluding carboxylic acids is 1. The predicted octanol–water partition coefficient (Wildman–Crippen LogP) is 4.39. The van der Waals surface area contributed by atoms with Crippen molar-refractivity contribution in [2.24, 2.45) is 7.05 Å². The Hall–Kier alpha value is -2.27. The van der Waals surface area contributed by atoms with Crippen LogP contribution >= 0.6 is 0 Å². The van der Waals surface area contributed by atoms with Crippen molar-refractivity contribution in [1.82, 2.24) is 4.57 Å². The zero-order valence-corrected chi connectivity index (χ0v) is 16.8. The molecule has 0 aliphatic carbocycles. The van der Waals surface area contributed by atoms with E-state index in [0.29, 0.717) is 11.4 Å². The maximum absolute atomic E-state index is 11.2. The Morgan fingerprint density at radius 3 is 2.16 bits per heavy atom. The molecule has 0 fully saturated rings. The van der Waals surface area contributed by atoms with Crippen molar-refractivity contribution in [3.63, 3.8) is 0 Å². The second kappa shape index (κ2) is 11.3. The molecule has 1 aromatic carbocycles. The van der Waals surface area contributed by atoms with E-state index in [9.17, 15) is 4.79 Å². The van der Waals surface area contributed by atoms with Crippen LogP contribution in [0.2, 0.25) is 0 Å². The average molecular weight is 348 g/mol. The van der Waals surface area contributed by atoms with Gasteiger partial charge in [0.25, 0.3) is 0 Å². The third-order valence-electron chi connectivity index (χ3n) is 3.90. The summed E-state index contributed by atoms with van der Waals surface area (Å²) in [5, 5.41) is 0. The van der Waals surface area contributed by atoms with Gasteiger partial charge in [0.05, 0.1) is 18.5 Å². The molecule has 0 amide bonds. The second-order valence-electron chi connectivity index (χ2n) is 5.15. The zero-order chi connectivity index (χ0) is 19.6. The fraction of sp³-hybridized carbons (Fsp3) is 0.450. The highest BCUT2D eigenvalue weighted by molar-refractivity contribution is 5.87. The Morgan fingerprint density at radius 1 is 1.20 bits per heavy atom. The highest BCUT2D eigenvalue weighted by Crippen LogP contribution is 2.38. The Kier molecular flexibility index (Phi) is 10.3. The van der Waals surface area contributed by atoms with Gasteiger partial charge in [0.15, 0.2) is 12.0 Å². The molecular formula is C20H32N2O3. The number of nitrogens with zero attached hydrogens (tertiary/aromatic N) is 1. The van der Waals surface area contributed by atoms with Crippen LogP contribution in [-0.4, -0.2) is 31.7 Å². The molecule has 0 saturated heterocycles. The van der Waals surface area contributed by atoms with Gasteiger partial charge in [0, 0.05) is 37.6 Å². The van der Waals surface area contributed by atoms with Crippen LogP contribution < -0.4 is 10.5 Å².